The minimum absolute atomic E-state index is 0.0589. The van der Waals surface area contributed by atoms with E-state index in [1.54, 1.807) is 6.07 Å². The zero-order chi connectivity index (χ0) is 21.0. The number of rotatable bonds is 7. The summed E-state index contributed by atoms with van der Waals surface area (Å²) in [5.74, 6) is -0.404. The van der Waals surface area contributed by atoms with E-state index in [1.165, 1.54) is 19.2 Å². The molecule has 0 radical (unpaired) electrons. The zero-order valence-electron chi connectivity index (χ0n) is 14.8. The van der Waals surface area contributed by atoms with E-state index in [-0.39, 0.29) is 23.9 Å². The Kier molecular flexibility index (Phi) is 5.77. The number of nitro groups is 1. The predicted octanol–water partition coefficient (Wildman–Crippen LogP) is 3.55. The van der Waals surface area contributed by atoms with Crippen molar-refractivity contribution in [1.82, 2.24) is 0 Å². The van der Waals surface area contributed by atoms with Gasteiger partial charge in [0.05, 0.1) is 23.7 Å². The van der Waals surface area contributed by atoms with Crippen LogP contribution in [-0.2, 0) is 4.79 Å². The van der Waals surface area contributed by atoms with E-state index in [4.69, 9.17) is 18.9 Å². The van der Waals surface area contributed by atoms with Crippen LogP contribution < -0.4 is 23.7 Å². The summed E-state index contributed by atoms with van der Waals surface area (Å²) in [5, 5.41) is 11.2. The summed E-state index contributed by atoms with van der Waals surface area (Å²) >= 11 is 0. The molecule has 0 saturated carbocycles. The molecule has 1 aliphatic rings. The minimum atomic E-state index is -3.19. The lowest BCUT2D eigenvalue weighted by Gasteiger charge is -2.10. The smallest absolute Gasteiger partial charge is 0.387 e. The molecule has 0 aromatic heterocycles. The minimum Gasteiger partial charge on any atom is -0.493 e. The van der Waals surface area contributed by atoms with Crippen molar-refractivity contribution in [1.29, 1.82) is 0 Å². The van der Waals surface area contributed by atoms with Crippen molar-refractivity contribution in [3.05, 3.63) is 52.1 Å². The van der Waals surface area contributed by atoms with Crippen LogP contribution in [0.5, 0.6) is 28.7 Å². The van der Waals surface area contributed by atoms with E-state index >= 15 is 0 Å². The van der Waals surface area contributed by atoms with Crippen LogP contribution >= 0.6 is 0 Å². The summed E-state index contributed by atoms with van der Waals surface area (Å²) in [6.45, 7) is -3.13. The van der Waals surface area contributed by atoms with Gasteiger partial charge in [-0.15, -0.1) is 0 Å². The highest BCUT2D eigenvalue weighted by Crippen LogP contribution is 2.37. The summed E-state index contributed by atoms with van der Waals surface area (Å²) in [5.41, 5.74) is -0.635. The number of halogens is 2. The molecular formula is C18H13F2NO8. The maximum atomic E-state index is 12.5. The average molecular weight is 409 g/mol. The summed E-state index contributed by atoms with van der Waals surface area (Å²) in [6, 6.07) is 6.39. The molecule has 0 bridgehead atoms. The molecule has 3 rings (SSSR count). The second-order valence-electron chi connectivity index (χ2n) is 5.47. The average Bonchev–Trinajstić information content (AvgIpc) is 3.13. The van der Waals surface area contributed by atoms with Crippen molar-refractivity contribution in [3.8, 4) is 28.7 Å². The SMILES string of the molecule is COc1cc(/C=C/C(=O)Oc2ccc3c(c2)OCO3)c([N+](=O)[O-])cc1OC(F)F. The van der Waals surface area contributed by atoms with Crippen LogP contribution in [0.25, 0.3) is 6.08 Å². The van der Waals surface area contributed by atoms with Gasteiger partial charge in [-0.1, -0.05) is 0 Å². The van der Waals surface area contributed by atoms with E-state index < -0.39 is 28.9 Å². The van der Waals surface area contributed by atoms with Gasteiger partial charge in [-0.3, -0.25) is 10.1 Å². The lowest BCUT2D eigenvalue weighted by Crippen LogP contribution is -2.05. The van der Waals surface area contributed by atoms with Gasteiger partial charge in [0.1, 0.15) is 5.75 Å². The van der Waals surface area contributed by atoms with Gasteiger partial charge in [-0.05, 0) is 24.3 Å². The van der Waals surface area contributed by atoms with Crippen molar-refractivity contribution in [3.63, 3.8) is 0 Å². The Bertz CT molecular complexity index is 977. The number of nitro benzene ring substituents is 1. The molecule has 0 N–H and O–H groups in total. The topological polar surface area (TPSA) is 106 Å². The van der Waals surface area contributed by atoms with E-state index in [1.807, 2.05) is 0 Å². The van der Waals surface area contributed by atoms with Gasteiger partial charge in [-0.2, -0.15) is 8.78 Å². The Morgan fingerprint density at radius 1 is 1.21 bits per heavy atom. The van der Waals surface area contributed by atoms with E-state index in [0.717, 1.165) is 24.3 Å². The van der Waals surface area contributed by atoms with Crippen molar-refractivity contribution >= 4 is 17.7 Å². The molecule has 1 aliphatic heterocycles. The van der Waals surface area contributed by atoms with Gasteiger partial charge >= 0.3 is 12.6 Å². The normalized spacial score (nSPS) is 12.3. The zero-order valence-corrected chi connectivity index (χ0v) is 14.8. The Morgan fingerprint density at radius 2 is 1.97 bits per heavy atom. The molecule has 0 aliphatic carbocycles. The molecular weight excluding hydrogens is 396 g/mol. The van der Waals surface area contributed by atoms with Crippen LogP contribution in [0.15, 0.2) is 36.4 Å². The van der Waals surface area contributed by atoms with Gasteiger partial charge in [-0.25, -0.2) is 4.79 Å². The van der Waals surface area contributed by atoms with Crippen molar-refractivity contribution in [2.45, 2.75) is 6.61 Å². The number of ether oxygens (including phenoxy) is 5. The van der Waals surface area contributed by atoms with Gasteiger partial charge in [0.2, 0.25) is 6.79 Å². The number of hydrogen-bond donors (Lipinski definition) is 0. The summed E-state index contributed by atoms with van der Waals surface area (Å²) in [4.78, 5) is 22.5. The quantitative estimate of drug-likeness (QED) is 0.225. The van der Waals surface area contributed by atoms with Crippen molar-refractivity contribution in [2.24, 2.45) is 0 Å². The number of fused-ring (bicyclic) bond motifs is 1. The molecule has 2 aromatic carbocycles. The third-order valence-corrected chi connectivity index (χ3v) is 3.69. The van der Waals surface area contributed by atoms with Crippen molar-refractivity contribution in [2.75, 3.05) is 13.9 Å². The van der Waals surface area contributed by atoms with Crippen LogP contribution in [0, 0.1) is 10.1 Å². The van der Waals surface area contributed by atoms with Crippen molar-refractivity contribution < 1.29 is 42.2 Å². The molecule has 0 amide bonds. The number of carbonyl (C=O) groups excluding carboxylic acids is 1. The number of carbonyl (C=O) groups is 1. The number of esters is 1. The second-order valence-corrected chi connectivity index (χ2v) is 5.47. The maximum absolute atomic E-state index is 12.5. The van der Waals surface area contributed by atoms with E-state index in [9.17, 15) is 23.7 Å². The Morgan fingerprint density at radius 3 is 2.66 bits per heavy atom. The number of alkyl halides is 2. The molecule has 0 fully saturated rings. The molecule has 0 unspecified atom stereocenters. The third kappa shape index (κ3) is 4.69. The largest absolute Gasteiger partial charge is 0.493 e. The fraction of sp³-hybridized carbons (Fsp3) is 0.167. The molecule has 0 atom stereocenters. The third-order valence-electron chi connectivity index (χ3n) is 3.69. The molecule has 29 heavy (non-hydrogen) atoms. The fourth-order valence-electron chi connectivity index (χ4n) is 2.45. The number of hydrogen-bond acceptors (Lipinski definition) is 8. The van der Waals surface area contributed by atoms with Gasteiger partial charge in [0, 0.05) is 12.1 Å². The molecule has 0 saturated heterocycles. The second kappa shape index (κ2) is 8.42. The van der Waals surface area contributed by atoms with Crippen LogP contribution in [0.3, 0.4) is 0 Å². The number of methoxy groups -OCH3 is 1. The first-order valence-electron chi connectivity index (χ1n) is 7.98. The molecule has 0 spiro atoms. The fourth-order valence-corrected chi connectivity index (χ4v) is 2.45. The molecule has 1 heterocycles. The lowest BCUT2D eigenvalue weighted by atomic mass is 10.1. The standard InChI is InChI=1S/C18H13F2NO8/c1-25-14-6-10(12(21(23)24)8-16(14)29-18(19)20)2-5-17(22)28-11-3-4-13-15(7-11)27-9-26-13/h2-8,18H,9H2,1H3/b5-2+. The molecule has 11 heteroatoms. The van der Waals surface area contributed by atoms with Crippen LogP contribution in [0.4, 0.5) is 14.5 Å². The Hall–Kier alpha value is -3.89. The first kappa shape index (κ1) is 19.9. The van der Waals surface area contributed by atoms with Crippen LogP contribution in [0.1, 0.15) is 5.56 Å². The van der Waals surface area contributed by atoms with Crippen LogP contribution in [0.2, 0.25) is 0 Å². The summed E-state index contributed by atoms with van der Waals surface area (Å²) in [6.07, 6.45) is 2.04. The Labute approximate surface area is 162 Å². The predicted molar refractivity (Wildman–Crippen MR) is 93.5 cm³/mol. The first-order valence-corrected chi connectivity index (χ1v) is 7.98. The Balaban J connectivity index is 1.81. The lowest BCUT2D eigenvalue weighted by molar-refractivity contribution is -0.385. The van der Waals surface area contributed by atoms with E-state index in [0.29, 0.717) is 11.5 Å². The molecule has 9 nitrogen and oxygen atoms in total. The summed E-state index contributed by atoms with van der Waals surface area (Å²) in [7, 11) is 1.18. The van der Waals surface area contributed by atoms with Crippen LogP contribution in [-0.4, -0.2) is 31.4 Å². The maximum Gasteiger partial charge on any atom is 0.387 e. The molecule has 152 valence electrons. The first-order chi connectivity index (χ1) is 13.9. The number of benzene rings is 2. The summed E-state index contributed by atoms with van der Waals surface area (Å²) < 4.78 is 49.5. The highest BCUT2D eigenvalue weighted by atomic mass is 19.3. The van der Waals surface area contributed by atoms with Gasteiger partial charge in [0.15, 0.2) is 23.0 Å². The highest BCUT2D eigenvalue weighted by molar-refractivity contribution is 5.89. The highest BCUT2D eigenvalue weighted by Gasteiger charge is 2.21. The van der Waals surface area contributed by atoms with Gasteiger partial charge in [0.25, 0.3) is 5.69 Å². The van der Waals surface area contributed by atoms with Gasteiger partial charge < -0.3 is 23.7 Å². The molecule has 2 aromatic rings. The number of nitrogens with zero attached hydrogens (tertiary/aromatic N) is 1. The van der Waals surface area contributed by atoms with E-state index in [2.05, 4.69) is 4.74 Å². The monoisotopic (exact) mass is 409 g/mol.